The highest BCUT2D eigenvalue weighted by Gasteiger charge is 2.49. The largest absolute Gasteiger partial charge is 0.405 e. The van der Waals surface area contributed by atoms with E-state index in [1.54, 1.807) is 26.0 Å². The van der Waals surface area contributed by atoms with E-state index in [1.165, 1.54) is 12.1 Å². The Bertz CT molecular complexity index is 644. The van der Waals surface area contributed by atoms with Gasteiger partial charge >= 0.3 is 6.18 Å². The van der Waals surface area contributed by atoms with E-state index in [2.05, 4.69) is 5.43 Å². The van der Waals surface area contributed by atoms with Gasteiger partial charge < -0.3 is 0 Å². The van der Waals surface area contributed by atoms with E-state index in [0.717, 1.165) is 10.6 Å². The summed E-state index contributed by atoms with van der Waals surface area (Å²) >= 11 is 0. The van der Waals surface area contributed by atoms with Crippen LogP contribution in [0.1, 0.15) is 32.3 Å². The predicted molar refractivity (Wildman–Crippen MR) is 84.5 cm³/mol. The minimum Gasteiger partial charge on any atom is -0.288 e. The van der Waals surface area contributed by atoms with Crippen molar-refractivity contribution in [3.63, 3.8) is 0 Å². The highest BCUT2D eigenvalue weighted by Crippen LogP contribution is 2.33. The lowest BCUT2D eigenvalue weighted by Gasteiger charge is -2.29. The molecule has 0 bridgehead atoms. The van der Waals surface area contributed by atoms with E-state index in [0.29, 0.717) is 6.42 Å². The molecule has 0 spiro atoms. The van der Waals surface area contributed by atoms with Crippen LogP contribution in [0.3, 0.4) is 0 Å². The van der Waals surface area contributed by atoms with Crippen LogP contribution in [0.15, 0.2) is 24.3 Å². The van der Waals surface area contributed by atoms with Gasteiger partial charge in [-0.2, -0.15) is 13.2 Å². The number of carbonyl (C=O) groups is 1. The third-order valence-electron chi connectivity index (χ3n) is 4.27. The van der Waals surface area contributed by atoms with Gasteiger partial charge in [0.25, 0.3) is 5.69 Å². The fraction of sp³-hybridized carbons (Fsp3) is 0.562. The molecule has 6 nitrogen and oxygen atoms in total. The van der Waals surface area contributed by atoms with Crippen LogP contribution in [0.4, 0.5) is 18.9 Å². The molecule has 9 heteroatoms. The van der Waals surface area contributed by atoms with Gasteiger partial charge in [0.05, 0.1) is 10.3 Å². The molecule has 1 aliphatic rings. The molecule has 1 aromatic rings. The Kier molecular flexibility index (Phi) is 5.36. The molecule has 1 fully saturated rings. The number of halogens is 3. The van der Waals surface area contributed by atoms with Gasteiger partial charge in [-0.05, 0) is 38.7 Å². The maximum Gasteiger partial charge on any atom is 0.405 e. The number of aryl methyl sites for hydroxylation is 1. The Balaban J connectivity index is 1.97. The zero-order chi connectivity index (χ0) is 18.8. The smallest absolute Gasteiger partial charge is 0.288 e. The maximum atomic E-state index is 13.4. The number of nitro groups is 1. The number of hydrogen-bond donors (Lipinski definition) is 1. The molecule has 0 aromatic heterocycles. The van der Waals surface area contributed by atoms with Crippen LogP contribution in [-0.4, -0.2) is 34.6 Å². The van der Waals surface area contributed by atoms with Crippen molar-refractivity contribution in [2.75, 3.05) is 6.54 Å². The van der Waals surface area contributed by atoms with E-state index in [4.69, 9.17) is 0 Å². The molecular formula is C16H20F3N3O3. The van der Waals surface area contributed by atoms with E-state index in [1.807, 2.05) is 0 Å². The molecule has 1 heterocycles. The van der Waals surface area contributed by atoms with Gasteiger partial charge in [-0.3, -0.25) is 20.3 Å². The Morgan fingerprint density at radius 3 is 2.36 bits per heavy atom. The number of nitrogens with one attached hydrogen (secondary N) is 1. The average molecular weight is 359 g/mol. The van der Waals surface area contributed by atoms with Crippen LogP contribution in [0.2, 0.25) is 0 Å². The molecule has 1 amide bonds. The number of hydrazine groups is 1. The predicted octanol–water partition coefficient (Wildman–Crippen LogP) is 3.22. The van der Waals surface area contributed by atoms with Gasteiger partial charge in [0, 0.05) is 18.7 Å². The molecule has 0 saturated carbocycles. The van der Waals surface area contributed by atoms with E-state index < -0.39 is 28.5 Å². The SMILES string of the molecule is CC1(C)CN([C@@H](CCCc2ccc([N+](=O)[O-])cc2)C(F)(F)F)NC1=O. The number of amides is 1. The van der Waals surface area contributed by atoms with Crippen LogP contribution in [0.25, 0.3) is 0 Å². The van der Waals surface area contributed by atoms with E-state index in [9.17, 15) is 28.1 Å². The Hall–Kier alpha value is -2.16. The Morgan fingerprint density at radius 1 is 1.32 bits per heavy atom. The quantitative estimate of drug-likeness (QED) is 0.625. The number of benzene rings is 1. The van der Waals surface area contributed by atoms with Crippen molar-refractivity contribution in [3.05, 3.63) is 39.9 Å². The van der Waals surface area contributed by atoms with Crippen molar-refractivity contribution in [1.29, 1.82) is 0 Å². The second-order valence-electron chi connectivity index (χ2n) is 6.83. The first kappa shape index (κ1) is 19.2. The number of carbonyl (C=O) groups excluding carboxylic acids is 1. The monoisotopic (exact) mass is 359 g/mol. The summed E-state index contributed by atoms with van der Waals surface area (Å²) in [6.45, 7) is 3.20. The summed E-state index contributed by atoms with van der Waals surface area (Å²) in [5, 5.41) is 11.6. The Labute approximate surface area is 143 Å². The summed E-state index contributed by atoms with van der Waals surface area (Å²) < 4.78 is 40.1. The van der Waals surface area contributed by atoms with Crippen LogP contribution < -0.4 is 5.43 Å². The molecule has 2 rings (SSSR count). The highest BCUT2D eigenvalue weighted by molar-refractivity contribution is 5.83. The molecule has 0 radical (unpaired) electrons. The topological polar surface area (TPSA) is 75.5 Å². The summed E-state index contributed by atoms with van der Waals surface area (Å²) in [5.41, 5.74) is 2.14. The summed E-state index contributed by atoms with van der Waals surface area (Å²) in [4.78, 5) is 21.8. The number of non-ortho nitro benzene ring substituents is 1. The Morgan fingerprint density at radius 2 is 1.92 bits per heavy atom. The normalized spacial score (nSPS) is 18.8. The maximum absolute atomic E-state index is 13.4. The molecule has 1 saturated heterocycles. The van der Waals surface area contributed by atoms with E-state index in [-0.39, 0.29) is 25.1 Å². The summed E-state index contributed by atoms with van der Waals surface area (Å²) in [6.07, 6.45) is -4.01. The number of rotatable bonds is 6. The molecule has 138 valence electrons. The van der Waals surface area contributed by atoms with Gasteiger partial charge in [0.15, 0.2) is 0 Å². The van der Waals surface area contributed by atoms with Crippen LogP contribution in [0, 0.1) is 15.5 Å². The lowest BCUT2D eigenvalue weighted by molar-refractivity contribution is -0.384. The molecule has 1 atom stereocenters. The van der Waals surface area contributed by atoms with Crippen LogP contribution >= 0.6 is 0 Å². The van der Waals surface area contributed by atoms with Crippen molar-refractivity contribution in [2.24, 2.45) is 5.41 Å². The molecule has 1 N–H and O–H groups in total. The molecule has 1 aromatic carbocycles. The summed E-state index contributed by atoms with van der Waals surface area (Å²) in [5.74, 6) is -0.419. The van der Waals surface area contributed by atoms with Crippen molar-refractivity contribution in [3.8, 4) is 0 Å². The third kappa shape index (κ3) is 4.68. The second kappa shape index (κ2) is 6.99. The minimum atomic E-state index is -4.46. The summed E-state index contributed by atoms with van der Waals surface area (Å²) in [6, 6.07) is 4.00. The number of nitrogens with zero attached hydrogens (tertiary/aromatic N) is 2. The highest BCUT2D eigenvalue weighted by atomic mass is 19.4. The van der Waals surface area contributed by atoms with Crippen molar-refractivity contribution >= 4 is 11.6 Å². The van der Waals surface area contributed by atoms with Crippen molar-refractivity contribution in [2.45, 2.75) is 45.3 Å². The zero-order valence-corrected chi connectivity index (χ0v) is 14.0. The minimum absolute atomic E-state index is 0.00641. The number of nitro benzene ring substituents is 1. The van der Waals surface area contributed by atoms with Gasteiger partial charge in [-0.1, -0.05) is 12.1 Å². The number of alkyl halides is 3. The van der Waals surface area contributed by atoms with Gasteiger partial charge in [0.1, 0.15) is 6.04 Å². The standard InChI is InChI=1S/C16H20F3N3O3/c1-15(2)10-21(20-14(15)23)13(16(17,18)19)5-3-4-11-6-8-12(9-7-11)22(24)25/h6-9,13H,3-5,10H2,1-2H3,(H,20,23)/t13-/m0/s1. The fourth-order valence-corrected chi connectivity index (χ4v) is 2.79. The fourth-order valence-electron chi connectivity index (χ4n) is 2.79. The molecule has 0 unspecified atom stereocenters. The number of hydrogen-bond acceptors (Lipinski definition) is 4. The molecular weight excluding hydrogens is 339 g/mol. The molecule has 1 aliphatic heterocycles. The first-order valence-electron chi connectivity index (χ1n) is 7.88. The lowest BCUT2D eigenvalue weighted by atomic mass is 9.94. The van der Waals surface area contributed by atoms with Gasteiger partial charge in [-0.15, -0.1) is 0 Å². The average Bonchev–Trinajstić information content (AvgIpc) is 2.76. The first-order chi connectivity index (χ1) is 11.5. The van der Waals surface area contributed by atoms with Crippen molar-refractivity contribution in [1.82, 2.24) is 10.4 Å². The van der Waals surface area contributed by atoms with Crippen LogP contribution in [0.5, 0.6) is 0 Å². The lowest BCUT2D eigenvalue weighted by Crippen LogP contribution is -2.50. The molecule has 0 aliphatic carbocycles. The van der Waals surface area contributed by atoms with Crippen LogP contribution in [-0.2, 0) is 11.2 Å². The van der Waals surface area contributed by atoms with Crippen molar-refractivity contribution < 1.29 is 22.9 Å². The second-order valence-corrected chi connectivity index (χ2v) is 6.83. The van der Waals surface area contributed by atoms with Gasteiger partial charge in [0.2, 0.25) is 5.91 Å². The third-order valence-corrected chi connectivity index (χ3v) is 4.27. The summed E-state index contributed by atoms with van der Waals surface area (Å²) in [7, 11) is 0. The van der Waals surface area contributed by atoms with Gasteiger partial charge in [-0.25, -0.2) is 5.01 Å². The first-order valence-corrected chi connectivity index (χ1v) is 7.88. The molecule has 25 heavy (non-hydrogen) atoms. The van der Waals surface area contributed by atoms with E-state index >= 15 is 0 Å². The zero-order valence-electron chi connectivity index (χ0n) is 14.0.